The second kappa shape index (κ2) is 3.77. The van der Waals surface area contributed by atoms with Gasteiger partial charge in [-0.25, -0.2) is 0 Å². The molecule has 0 bridgehead atoms. The van der Waals surface area contributed by atoms with Crippen LogP contribution in [0.1, 0.15) is 11.3 Å². The summed E-state index contributed by atoms with van der Waals surface area (Å²) in [6.45, 7) is 4.37. The molecule has 2 aromatic carbocycles. The topological polar surface area (TPSA) is 4.93 Å². The van der Waals surface area contributed by atoms with Gasteiger partial charge in [-0.15, -0.1) is 0 Å². The second-order valence-corrected chi connectivity index (χ2v) is 4.40. The smallest absolute Gasteiger partial charge is 0.0534 e. The van der Waals surface area contributed by atoms with Gasteiger partial charge in [-0.05, 0) is 37.6 Å². The fourth-order valence-corrected chi connectivity index (χ4v) is 2.44. The van der Waals surface area contributed by atoms with Crippen molar-refractivity contribution in [3.63, 3.8) is 0 Å². The second-order valence-electron chi connectivity index (χ2n) is 4.40. The number of fused-ring (bicyclic) bond motifs is 1. The van der Waals surface area contributed by atoms with Crippen molar-refractivity contribution in [1.29, 1.82) is 0 Å². The van der Waals surface area contributed by atoms with E-state index in [1.807, 2.05) is 0 Å². The minimum Gasteiger partial charge on any atom is -0.314 e. The Labute approximate surface area is 101 Å². The lowest BCUT2D eigenvalue weighted by Gasteiger charge is -2.08. The lowest BCUT2D eigenvalue weighted by atomic mass is 10.2. The van der Waals surface area contributed by atoms with Crippen LogP contribution < -0.4 is 0 Å². The first-order valence-electron chi connectivity index (χ1n) is 5.91. The maximum atomic E-state index is 2.32. The van der Waals surface area contributed by atoms with Crippen LogP contribution in [0.3, 0.4) is 0 Å². The van der Waals surface area contributed by atoms with Crippen LogP contribution in [0.5, 0.6) is 0 Å². The molecule has 0 unspecified atom stereocenters. The standard InChI is InChI=1S/C16H15N/c1-12-13(2)17(14-8-4-3-5-9-14)16-11-7-6-10-15(12)16/h3-11H,1-2H3. The van der Waals surface area contributed by atoms with Crippen LogP contribution in [-0.4, -0.2) is 4.57 Å². The van der Waals surface area contributed by atoms with Crippen molar-refractivity contribution in [1.82, 2.24) is 4.57 Å². The van der Waals surface area contributed by atoms with E-state index in [9.17, 15) is 0 Å². The number of para-hydroxylation sites is 2. The van der Waals surface area contributed by atoms with Crippen LogP contribution in [-0.2, 0) is 0 Å². The van der Waals surface area contributed by atoms with Crippen molar-refractivity contribution in [3.05, 3.63) is 65.9 Å². The Morgan fingerprint density at radius 3 is 2.18 bits per heavy atom. The summed E-state index contributed by atoms with van der Waals surface area (Å²) in [7, 11) is 0. The van der Waals surface area contributed by atoms with Gasteiger partial charge >= 0.3 is 0 Å². The molecule has 3 rings (SSSR count). The highest BCUT2D eigenvalue weighted by Crippen LogP contribution is 2.27. The van der Waals surface area contributed by atoms with Crippen molar-refractivity contribution in [3.8, 4) is 5.69 Å². The average molecular weight is 221 g/mol. The minimum absolute atomic E-state index is 1.23. The number of hydrogen-bond donors (Lipinski definition) is 0. The van der Waals surface area contributed by atoms with Gasteiger partial charge in [0.05, 0.1) is 5.52 Å². The molecule has 0 atom stereocenters. The van der Waals surface area contributed by atoms with Crippen LogP contribution in [0.25, 0.3) is 16.6 Å². The zero-order valence-electron chi connectivity index (χ0n) is 10.1. The van der Waals surface area contributed by atoms with Gasteiger partial charge in [-0.1, -0.05) is 36.4 Å². The minimum atomic E-state index is 1.23. The van der Waals surface area contributed by atoms with Crippen LogP contribution in [0.4, 0.5) is 0 Å². The lowest BCUT2D eigenvalue weighted by Crippen LogP contribution is -1.95. The van der Waals surface area contributed by atoms with Crippen molar-refractivity contribution in [2.75, 3.05) is 0 Å². The number of aryl methyl sites for hydroxylation is 1. The summed E-state index contributed by atoms with van der Waals surface area (Å²) in [6.07, 6.45) is 0. The van der Waals surface area contributed by atoms with Crippen LogP contribution in [0.15, 0.2) is 54.6 Å². The first-order valence-corrected chi connectivity index (χ1v) is 5.91. The first-order chi connectivity index (χ1) is 8.29. The summed E-state index contributed by atoms with van der Waals surface area (Å²) >= 11 is 0. The molecule has 0 amide bonds. The molecule has 0 aliphatic heterocycles. The van der Waals surface area contributed by atoms with E-state index in [1.165, 1.54) is 27.8 Å². The molecule has 0 saturated heterocycles. The molecule has 0 saturated carbocycles. The number of aromatic nitrogens is 1. The zero-order valence-corrected chi connectivity index (χ0v) is 10.1. The van der Waals surface area contributed by atoms with E-state index >= 15 is 0 Å². The van der Waals surface area contributed by atoms with E-state index in [-0.39, 0.29) is 0 Å². The van der Waals surface area contributed by atoms with E-state index in [2.05, 4.69) is 73.0 Å². The molecule has 1 aromatic heterocycles. The molecular weight excluding hydrogens is 206 g/mol. The van der Waals surface area contributed by atoms with Gasteiger partial charge in [0.25, 0.3) is 0 Å². The van der Waals surface area contributed by atoms with E-state index in [0.717, 1.165) is 0 Å². The summed E-state index contributed by atoms with van der Waals surface area (Å²) < 4.78 is 2.32. The third-order valence-electron chi connectivity index (χ3n) is 3.44. The van der Waals surface area contributed by atoms with Gasteiger partial charge in [0, 0.05) is 16.8 Å². The highest BCUT2D eigenvalue weighted by molar-refractivity contribution is 5.86. The Morgan fingerprint density at radius 2 is 1.41 bits per heavy atom. The van der Waals surface area contributed by atoms with E-state index < -0.39 is 0 Å². The molecule has 0 aliphatic rings. The van der Waals surface area contributed by atoms with E-state index in [0.29, 0.717) is 0 Å². The summed E-state index contributed by atoms with van der Waals surface area (Å²) in [5, 5.41) is 1.34. The largest absolute Gasteiger partial charge is 0.314 e. The molecular formula is C16H15N. The summed E-state index contributed by atoms with van der Waals surface area (Å²) in [6, 6.07) is 19.1. The highest BCUT2D eigenvalue weighted by atomic mass is 15.0. The third-order valence-corrected chi connectivity index (χ3v) is 3.44. The molecule has 0 spiro atoms. The molecule has 0 fully saturated rings. The Hall–Kier alpha value is -2.02. The van der Waals surface area contributed by atoms with Gasteiger partial charge in [0.1, 0.15) is 0 Å². The van der Waals surface area contributed by atoms with Crippen LogP contribution in [0, 0.1) is 13.8 Å². The summed E-state index contributed by atoms with van der Waals surface area (Å²) in [5.74, 6) is 0. The van der Waals surface area contributed by atoms with Gasteiger partial charge in [0.15, 0.2) is 0 Å². The zero-order chi connectivity index (χ0) is 11.8. The van der Waals surface area contributed by atoms with Crippen molar-refractivity contribution in [2.45, 2.75) is 13.8 Å². The molecule has 84 valence electrons. The summed E-state index contributed by atoms with van der Waals surface area (Å²) in [4.78, 5) is 0. The molecule has 0 radical (unpaired) electrons. The Balaban J connectivity index is 2.41. The fraction of sp³-hybridized carbons (Fsp3) is 0.125. The number of rotatable bonds is 1. The normalized spacial score (nSPS) is 10.9. The maximum Gasteiger partial charge on any atom is 0.0534 e. The maximum absolute atomic E-state index is 2.32. The third kappa shape index (κ3) is 1.47. The fourth-order valence-electron chi connectivity index (χ4n) is 2.44. The molecule has 1 heterocycles. The lowest BCUT2D eigenvalue weighted by molar-refractivity contribution is 1.04. The Morgan fingerprint density at radius 1 is 0.765 bits per heavy atom. The quantitative estimate of drug-likeness (QED) is 0.579. The summed E-state index contributed by atoms with van der Waals surface area (Å²) in [5.41, 5.74) is 5.20. The van der Waals surface area contributed by atoms with Gasteiger partial charge in [-0.2, -0.15) is 0 Å². The molecule has 0 N–H and O–H groups in total. The highest BCUT2D eigenvalue weighted by Gasteiger charge is 2.10. The predicted octanol–water partition coefficient (Wildman–Crippen LogP) is 4.25. The average Bonchev–Trinajstić information content (AvgIpc) is 2.64. The van der Waals surface area contributed by atoms with Gasteiger partial charge in [-0.3, -0.25) is 0 Å². The van der Waals surface area contributed by atoms with Crippen molar-refractivity contribution >= 4 is 10.9 Å². The van der Waals surface area contributed by atoms with Crippen LogP contribution >= 0.6 is 0 Å². The van der Waals surface area contributed by atoms with E-state index in [1.54, 1.807) is 0 Å². The Bertz CT molecular complexity index is 663. The molecule has 3 aromatic rings. The predicted molar refractivity (Wildman–Crippen MR) is 72.7 cm³/mol. The van der Waals surface area contributed by atoms with Crippen molar-refractivity contribution in [2.24, 2.45) is 0 Å². The Kier molecular flexibility index (Phi) is 2.25. The van der Waals surface area contributed by atoms with Gasteiger partial charge < -0.3 is 4.57 Å². The molecule has 1 nitrogen and oxygen atoms in total. The van der Waals surface area contributed by atoms with Gasteiger partial charge in [0.2, 0.25) is 0 Å². The van der Waals surface area contributed by atoms with Crippen molar-refractivity contribution < 1.29 is 0 Å². The molecule has 0 aliphatic carbocycles. The number of benzene rings is 2. The monoisotopic (exact) mass is 221 g/mol. The molecule has 17 heavy (non-hydrogen) atoms. The first kappa shape index (κ1) is 10.2. The SMILES string of the molecule is Cc1c(C)n(-c2ccccc2)c2ccccc12. The van der Waals surface area contributed by atoms with Crippen LogP contribution in [0.2, 0.25) is 0 Å². The van der Waals surface area contributed by atoms with E-state index in [4.69, 9.17) is 0 Å². The number of hydrogen-bond acceptors (Lipinski definition) is 0. The number of nitrogens with zero attached hydrogens (tertiary/aromatic N) is 1. The molecule has 1 heteroatoms.